The predicted molar refractivity (Wildman–Crippen MR) is 72.3 cm³/mol. The number of rotatable bonds is 4. The molecule has 0 amide bonds. The highest BCUT2D eigenvalue weighted by Crippen LogP contribution is 2.31. The van der Waals surface area contributed by atoms with E-state index in [1.54, 1.807) is 23.5 Å². The van der Waals surface area contributed by atoms with E-state index in [9.17, 15) is 0 Å². The van der Waals surface area contributed by atoms with Crippen molar-refractivity contribution in [2.24, 2.45) is 0 Å². The molecule has 90 valence electrons. The SMILES string of the molecule is CCc1nc(COc2cccc(Cl)c2Cl)cs1. The Morgan fingerprint density at radius 3 is 2.88 bits per heavy atom. The third kappa shape index (κ3) is 3.12. The van der Waals surface area contributed by atoms with Crippen molar-refractivity contribution >= 4 is 34.5 Å². The Kier molecular flexibility index (Phi) is 4.26. The number of nitrogens with zero attached hydrogens (tertiary/aromatic N) is 1. The van der Waals surface area contributed by atoms with Crippen LogP contribution in [-0.4, -0.2) is 4.98 Å². The smallest absolute Gasteiger partial charge is 0.140 e. The molecule has 5 heteroatoms. The third-order valence-electron chi connectivity index (χ3n) is 2.19. The highest BCUT2D eigenvalue weighted by atomic mass is 35.5. The fourth-order valence-electron chi connectivity index (χ4n) is 1.32. The summed E-state index contributed by atoms with van der Waals surface area (Å²) in [5.74, 6) is 0.588. The van der Waals surface area contributed by atoms with Crippen molar-refractivity contribution in [3.05, 3.63) is 44.3 Å². The first-order chi connectivity index (χ1) is 8.20. The summed E-state index contributed by atoms with van der Waals surface area (Å²) < 4.78 is 5.59. The maximum Gasteiger partial charge on any atom is 0.140 e. The van der Waals surface area contributed by atoms with E-state index < -0.39 is 0 Å². The second-order valence-electron chi connectivity index (χ2n) is 3.43. The molecule has 2 aromatic rings. The van der Waals surface area contributed by atoms with E-state index in [-0.39, 0.29) is 0 Å². The zero-order valence-corrected chi connectivity index (χ0v) is 11.6. The van der Waals surface area contributed by atoms with Gasteiger partial charge in [-0.25, -0.2) is 4.98 Å². The summed E-state index contributed by atoms with van der Waals surface area (Å²) in [6.45, 7) is 2.49. The van der Waals surface area contributed by atoms with Crippen molar-refractivity contribution in [1.29, 1.82) is 0 Å². The molecule has 0 saturated carbocycles. The minimum Gasteiger partial charge on any atom is -0.486 e. The van der Waals surface area contributed by atoms with Crippen LogP contribution in [0.25, 0.3) is 0 Å². The highest BCUT2D eigenvalue weighted by Gasteiger charge is 2.06. The van der Waals surface area contributed by atoms with E-state index in [0.29, 0.717) is 22.4 Å². The Hall–Kier alpha value is -0.770. The molecule has 2 rings (SSSR count). The Bertz CT molecular complexity index is 513. The lowest BCUT2D eigenvalue weighted by atomic mass is 10.3. The summed E-state index contributed by atoms with van der Waals surface area (Å²) in [4.78, 5) is 4.41. The Morgan fingerprint density at radius 1 is 1.35 bits per heavy atom. The van der Waals surface area contributed by atoms with Crippen molar-refractivity contribution in [3.8, 4) is 5.75 Å². The van der Waals surface area contributed by atoms with Crippen LogP contribution in [0.5, 0.6) is 5.75 Å². The van der Waals surface area contributed by atoms with Gasteiger partial charge in [0.1, 0.15) is 17.4 Å². The van der Waals surface area contributed by atoms with Crippen molar-refractivity contribution < 1.29 is 4.74 Å². The average Bonchev–Trinajstić information content (AvgIpc) is 2.79. The van der Waals surface area contributed by atoms with Gasteiger partial charge in [0.25, 0.3) is 0 Å². The van der Waals surface area contributed by atoms with Gasteiger partial charge in [0.2, 0.25) is 0 Å². The van der Waals surface area contributed by atoms with E-state index in [2.05, 4.69) is 11.9 Å². The first-order valence-electron chi connectivity index (χ1n) is 5.20. The van der Waals surface area contributed by atoms with E-state index in [0.717, 1.165) is 17.1 Å². The van der Waals surface area contributed by atoms with Gasteiger partial charge in [-0.05, 0) is 18.6 Å². The van der Waals surface area contributed by atoms with E-state index in [1.165, 1.54) is 0 Å². The second-order valence-corrected chi connectivity index (χ2v) is 5.15. The van der Waals surface area contributed by atoms with Crippen LogP contribution in [0, 0.1) is 0 Å². The third-order valence-corrected chi connectivity index (χ3v) is 4.04. The molecule has 1 heterocycles. The summed E-state index contributed by atoms with van der Waals surface area (Å²) in [5, 5.41) is 4.05. The molecule has 0 aliphatic heterocycles. The molecule has 0 aliphatic carbocycles. The standard InChI is InChI=1S/C12H11Cl2NOS/c1-2-11-15-8(7-17-11)6-16-10-5-3-4-9(13)12(10)14/h3-5,7H,2,6H2,1H3. The fourth-order valence-corrected chi connectivity index (χ4v) is 2.40. The van der Waals surface area contributed by atoms with Gasteiger partial charge in [0.15, 0.2) is 0 Å². The van der Waals surface area contributed by atoms with Crippen LogP contribution in [-0.2, 0) is 13.0 Å². The number of aryl methyl sites for hydroxylation is 1. The number of aromatic nitrogens is 1. The molecule has 0 spiro atoms. The average molecular weight is 288 g/mol. The van der Waals surface area contributed by atoms with Crippen LogP contribution in [0.1, 0.15) is 17.6 Å². The second kappa shape index (κ2) is 5.71. The summed E-state index contributed by atoms with van der Waals surface area (Å²) in [6, 6.07) is 5.33. The Labute approximate surface area is 114 Å². The number of halogens is 2. The molecule has 17 heavy (non-hydrogen) atoms. The van der Waals surface area contributed by atoms with E-state index in [1.807, 2.05) is 11.4 Å². The van der Waals surface area contributed by atoms with E-state index >= 15 is 0 Å². The van der Waals surface area contributed by atoms with Gasteiger partial charge in [0, 0.05) is 5.38 Å². The van der Waals surface area contributed by atoms with E-state index in [4.69, 9.17) is 27.9 Å². The number of hydrogen-bond donors (Lipinski definition) is 0. The fraction of sp³-hybridized carbons (Fsp3) is 0.250. The molecule has 0 unspecified atom stereocenters. The molecule has 0 fully saturated rings. The van der Waals surface area contributed by atoms with Gasteiger partial charge >= 0.3 is 0 Å². The zero-order valence-electron chi connectivity index (χ0n) is 9.24. The molecular formula is C12H11Cl2NOS. The van der Waals surface area contributed by atoms with Gasteiger partial charge in [-0.15, -0.1) is 11.3 Å². The maximum absolute atomic E-state index is 6.02. The highest BCUT2D eigenvalue weighted by molar-refractivity contribution is 7.09. The summed E-state index contributed by atoms with van der Waals surface area (Å²) in [7, 11) is 0. The molecule has 0 N–H and O–H groups in total. The van der Waals surface area contributed by atoms with Crippen LogP contribution in [0.4, 0.5) is 0 Å². The van der Waals surface area contributed by atoms with Gasteiger partial charge in [-0.2, -0.15) is 0 Å². The van der Waals surface area contributed by atoms with Crippen molar-refractivity contribution in [2.45, 2.75) is 20.0 Å². The van der Waals surface area contributed by atoms with Crippen LogP contribution in [0.15, 0.2) is 23.6 Å². The Morgan fingerprint density at radius 2 is 2.18 bits per heavy atom. The minimum atomic E-state index is 0.413. The molecule has 0 atom stereocenters. The first-order valence-corrected chi connectivity index (χ1v) is 6.84. The number of thiazole rings is 1. The van der Waals surface area contributed by atoms with Gasteiger partial charge in [-0.1, -0.05) is 36.2 Å². The molecular weight excluding hydrogens is 277 g/mol. The van der Waals surface area contributed by atoms with Crippen molar-refractivity contribution in [2.75, 3.05) is 0 Å². The van der Waals surface area contributed by atoms with Gasteiger partial charge in [0.05, 0.1) is 15.7 Å². The zero-order chi connectivity index (χ0) is 12.3. The summed E-state index contributed by atoms with van der Waals surface area (Å²) in [5.41, 5.74) is 0.919. The lowest BCUT2D eigenvalue weighted by Crippen LogP contribution is -1.96. The van der Waals surface area contributed by atoms with Crippen molar-refractivity contribution in [1.82, 2.24) is 4.98 Å². The summed E-state index contributed by atoms with van der Waals surface area (Å²) >= 11 is 13.6. The molecule has 0 saturated heterocycles. The van der Waals surface area contributed by atoms with Crippen LogP contribution in [0.2, 0.25) is 10.0 Å². The molecule has 2 nitrogen and oxygen atoms in total. The largest absolute Gasteiger partial charge is 0.486 e. The minimum absolute atomic E-state index is 0.413. The molecule has 0 radical (unpaired) electrons. The normalized spacial score (nSPS) is 10.5. The Balaban J connectivity index is 2.04. The van der Waals surface area contributed by atoms with Gasteiger partial charge in [-0.3, -0.25) is 0 Å². The molecule has 0 aliphatic rings. The van der Waals surface area contributed by atoms with Crippen LogP contribution >= 0.6 is 34.5 Å². The topological polar surface area (TPSA) is 22.1 Å². The van der Waals surface area contributed by atoms with Gasteiger partial charge < -0.3 is 4.74 Å². The molecule has 1 aromatic heterocycles. The number of hydrogen-bond acceptors (Lipinski definition) is 3. The summed E-state index contributed by atoms with van der Waals surface area (Å²) in [6.07, 6.45) is 0.947. The quantitative estimate of drug-likeness (QED) is 0.820. The lowest BCUT2D eigenvalue weighted by molar-refractivity contribution is 0.302. The molecule has 0 bridgehead atoms. The number of ether oxygens (including phenoxy) is 1. The molecule has 1 aromatic carbocycles. The predicted octanol–water partition coefficient (Wildman–Crippen LogP) is 4.59. The monoisotopic (exact) mass is 287 g/mol. The first kappa shape index (κ1) is 12.7. The maximum atomic E-state index is 6.02. The lowest BCUT2D eigenvalue weighted by Gasteiger charge is -2.06. The number of benzene rings is 1. The van der Waals surface area contributed by atoms with Crippen LogP contribution in [0.3, 0.4) is 0 Å². The van der Waals surface area contributed by atoms with Crippen molar-refractivity contribution in [3.63, 3.8) is 0 Å². The van der Waals surface area contributed by atoms with Crippen LogP contribution < -0.4 is 4.74 Å².